The van der Waals surface area contributed by atoms with Crippen LogP contribution in [0.3, 0.4) is 0 Å². The number of nitriles is 1. The zero-order valence-corrected chi connectivity index (χ0v) is 30.3. The largest absolute Gasteiger partial charge is 0.456 e. The Bertz CT molecular complexity index is 3760. The topological polar surface area (TPSA) is 59.9 Å². The van der Waals surface area contributed by atoms with Gasteiger partial charge in [-0.1, -0.05) is 84.9 Å². The first-order valence-electron chi connectivity index (χ1n) is 18.8. The summed E-state index contributed by atoms with van der Waals surface area (Å²) in [7, 11) is 0. The van der Waals surface area contributed by atoms with Gasteiger partial charge in [-0.3, -0.25) is 0 Å². The van der Waals surface area contributed by atoms with Crippen LogP contribution in [0.15, 0.2) is 167 Å². The molecule has 0 unspecified atom stereocenters. The van der Waals surface area contributed by atoms with Crippen LogP contribution in [0.5, 0.6) is 0 Å². The van der Waals surface area contributed by atoms with E-state index in [1.54, 1.807) is 6.07 Å². The van der Waals surface area contributed by atoms with Gasteiger partial charge < -0.3 is 18.0 Å². The maximum absolute atomic E-state index is 14.5. The quantitative estimate of drug-likeness (QED) is 0.180. The Morgan fingerprint density at radius 2 is 0.983 bits per heavy atom. The molecular formula is C50H26F3N3O2. The third-order valence-electron chi connectivity index (χ3n) is 11.6. The van der Waals surface area contributed by atoms with E-state index in [1.807, 2.05) is 127 Å². The summed E-state index contributed by atoms with van der Waals surface area (Å²) >= 11 is 0. The van der Waals surface area contributed by atoms with E-state index in [4.69, 9.17) is 8.83 Å². The van der Waals surface area contributed by atoms with Crippen molar-refractivity contribution in [1.82, 2.24) is 9.13 Å². The van der Waals surface area contributed by atoms with E-state index in [2.05, 4.69) is 21.3 Å². The third kappa shape index (κ3) is 4.41. The highest BCUT2D eigenvalue weighted by Crippen LogP contribution is 2.46. The van der Waals surface area contributed by atoms with Crippen molar-refractivity contribution in [2.75, 3.05) is 0 Å². The Hall–Kier alpha value is -7.76. The normalized spacial score (nSPS) is 12.4. The number of nitrogens with zero attached hydrogens (tertiary/aromatic N) is 3. The third-order valence-corrected chi connectivity index (χ3v) is 11.6. The van der Waals surface area contributed by atoms with Gasteiger partial charge in [-0.15, -0.1) is 0 Å². The van der Waals surface area contributed by atoms with Crippen LogP contribution in [-0.4, -0.2) is 9.13 Å². The number of fused-ring (bicyclic) bond motifs is 14. The molecule has 0 spiro atoms. The molecule has 0 saturated heterocycles. The van der Waals surface area contributed by atoms with E-state index in [-0.39, 0.29) is 0 Å². The minimum atomic E-state index is -4.58. The molecule has 0 aliphatic carbocycles. The lowest BCUT2D eigenvalue weighted by Crippen LogP contribution is -2.06. The number of hydrogen-bond acceptors (Lipinski definition) is 3. The van der Waals surface area contributed by atoms with Gasteiger partial charge in [-0.25, -0.2) is 0 Å². The molecule has 0 N–H and O–H groups in total. The summed E-state index contributed by atoms with van der Waals surface area (Å²) < 4.78 is 60.4. The number of alkyl halides is 3. The average molecular weight is 758 g/mol. The van der Waals surface area contributed by atoms with Crippen LogP contribution in [0, 0.1) is 11.3 Å². The molecule has 4 aromatic heterocycles. The lowest BCUT2D eigenvalue weighted by molar-refractivity contribution is -0.137. The minimum absolute atomic E-state index is 0.341. The summed E-state index contributed by atoms with van der Waals surface area (Å²) in [6.45, 7) is 0. The van der Waals surface area contributed by atoms with Crippen LogP contribution >= 0.6 is 0 Å². The molecule has 0 amide bonds. The summed E-state index contributed by atoms with van der Waals surface area (Å²) in [4.78, 5) is 0. The van der Waals surface area contributed by atoms with Gasteiger partial charge in [0.2, 0.25) is 0 Å². The molecule has 0 saturated carbocycles. The highest BCUT2D eigenvalue weighted by atomic mass is 19.4. The molecule has 12 aromatic rings. The van der Waals surface area contributed by atoms with E-state index >= 15 is 0 Å². The van der Waals surface area contributed by atoms with Gasteiger partial charge in [-0.2, -0.15) is 18.4 Å². The van der Waals surface area contributed by atoms with Gasteiger partial charge in [0.1, 0.15) is 28.4 Å². The second-order valence-electron chi connectivity index (χ2n) is 14.6. The van der Waals surface area contributed by atoms with Crippen molar-refractivity contribution >= 4 is 87.5 Å². The lowest BCUT2D eigenvalue weighted by Gasteiger charge is -2.20. The molecule has 8 aromatic carbocycles. The Morgan fingerprint density at radius 1 is 0.466 bits per heavy atom. The SMILES string of the molecule is N#Cc1cc(-n2c3ccccc3c3ccc4oc5ccccc5c4c32)c(-c2cccc(C(F)(F)F)c2)cc1-n1c2ccccc2c2ccc3oc4ccccc4c3c21. The standard InChI is InChI=1S/C50H26F3N3O2/c51-50(52,53)30-11-9-10-28(24-30)37-26-40(55-38-16-5-1-12-31(38)33-20-22-44-46(48(33)55)35-14-3-7-18-42(35)57-44)29(27-54)25-41(37)56-39-17-6-2-13-32(39)34-21-23-45-47(49(34)56)36-15-4-8-19-43(36)58-45/h1-26H. The van der Waals surface area contributed by atoms with Crippen molar-refractivity contribution in [2.45, 2.75) is 6.18 Å². The molecular weight excluding hydrogens is 732 g/mol. The van der Waals surface area contributed by atoms with Crippen molar-refractivity contribution in [2.24, 2.45) is 0 Å². The zero-order chi connectivity index (χ0) is 38.9. The van der Waals surface area contributed by atoms with Crippen molar-refractivity contribution in [3.8, 4) is 28.6 Å². The molecule has 58 heavy (non-hydrogen) atoms. The van der Waals surface area contributed by atoms with Gasteiger partial charge in [0.25, 0.3) is 0 Å². The Kier molecular flexibility index (Phi) is 6.52. The van der Waals surface area contributed by atoms with Crippen molar-refractivity contribution in [3.05, 3.63) is 169 Å². The maximum atomic E-state index is 14.5. The second-order valence-corrected chi connectivity index (χ2v) is 14.6. The molecule has 8 heteroatoms. The average Bonchev–Trinajstić information content (AvgIpc) is 4.00. The first-order chi connectivity index (χ1) is 28.4. The molecule has 0 aliphatic heterocycles. The number of hydrogen-bond donors (Lipinski definition) is 0. The second kappa shape index (κ2) is 11.6. The number of furan rings is 2. The molecule has 0 radical (unpaired) electrons. The summed E-state index contributed by atoms with van der Waals surface area (Å²) in [6.07, 6.45) is -4.58. The summed E-state index contributed by atoms with van der Waals surface area (Å²) in [5.74, 6) is 0. The van der Waals surface area contributed by atoms with Crippen LogP contribution in [0.25, 0.3) is 110 Å². The first kappa shape index (κ1) is 32.5. The molecule has 0 fully saturated rings. The van der Waals surface area contributed by atoms with Crippen LogP contribution < -0.4 is 0 Å². The number of aromatic nitrogens is 2. The summed E-state index contributed by atoms with van der Waals surface area (Å²) in [6, 6.07) is 51.3. The molecule has 4 heterocycles. The number of para-hydroxylation sites is 4. The number of benzene rings is 8. The molecule has 0 aliphatic rings. The smallest absolute Gasteiger partial charge is 0.416 e. The van der Waals surface area contributed by atoms with Gasteiger partial charge in [-0.05, 0) is 78.4 Å². The Balaban J connectivity index is 1.28. The van der Waals surface area contributed by atoms with Crippen LogP contribution in [0.1, 0.15) is 11.1 Å². The van der Waals surface area contributed by atoms with Crippen LogP contribution in [0.4, 0.5) is 13.2 Å². The van der Waals surface area contributed by atoms with Gasteiger partial charge >= 0.3 is 6.18 Å². The molecule has 274 valence electrons. The van der Waals surface area contributed by atoms with Crippen LogP contribution in [-0.2, 0) is 6.18 Å². The van der Waals surface area contributed by atoms with Crippen molar-refractivity contribution in [1.29, 1.82) is 5.26 Å². The van der Waals surface area contributed by atoms with Gasteiger partial charge in [0.05, 0.1) is 55.3 Å². The number of halogens is 3. The first-order valence-corrected chi connectivity index (χ1v) is 18.8. The van der Waals surface area contributed by atoms with Gasteiger partial charge in [0.15, 0.2) is 0 Å². The fraction of sp³-hybridized carbons (Fsp3) is 0.0200. The van der Waals surface area contributed by atoms with E-state index in [0.29, 0.717) is 39.2 Å². The van der Waals surface area contributed by atoms with Crippen molar-refractivity contribution < 1.29 is 22.0 Å². The molecule has 12 rings (SSSR count). The maximum Gasteiger partial charge on any atom is 0.416 e. The molecule has 0 bridgehead atoms. The molecule has 5 nitrogen and oxygen atoms in total. The molecule has 0 atom stereocenters. The lowest BCUT2D eigenvalue weighted by atomic mass is 9.97. The summed E-state index contributed by atoms with van der Waals surface area (Å²) in [5, 5.41) is 18.6. The van der Waals surface area contributed by atoms with E-state index < -0.39 is 11.7 Å². The van der Waals surface area contributed by atoms with E-state index in [1.165, 1.54) is 12.1 Å². The fourth-order valence-electron chi connectivity index (χ4n) is 9.16. The Morgan fingerprint density at radius 3 is 1.53 bits per heavy atom. The minimum Gasteiger partial charge on any atom is -0.456 e. The predicted molar refractivity (Wildman–Crippen MR) is 225 cm³/mol. The predicted octanol–water partition coefficient (Wildman–Crippen LogP) is 14.2. The highest BCUT2D eigenvalue weighted by molar-refractivity contribution is 6.26. The highest BCUT2D eigenvalue weighted by Gasteiger charge is 2.31. The van der Waals surface area contributed by atoms with Gasteiger partial charge in [0, 0.05) is 37.9 Å². The fourth-order valence-corrected chi connectivity index (χ4v) is 9.16. The van der Waals surface area contributed by atoms with Crippen molar-refractivity contribution in [3.63, 3.8) is 0 Å². The summed E-state index contributed by atoms with van der Waals surface area (Å²) in [5.41, 5.74) is 7.70. The zero-order valence-electron chi connectivity index (χ0n) is 30.3. The number of rotatable bonds is 3. The Labute approximate surface area is 326 Å². The van der Waals surface area contributed by atoms with E-state index in [9.17, 15) is 18.4 Å². The van der Waals surface area contributed by atoms with Crippen LogP contribution in [0.2, 0.25) is 0 Å². The van der Waals surface area contributed by atoms with E-state index in [0.717, 1.165) is 82.4 Å². The monoisotopic (exact) mass is 757 g/mol.